The number of hydrogen-bond acceptors (Lipinski definition) is 4. The van der Waals surface area contributed by atoms with Gasteiger partial charge in [0.1, 0.15) is 12.4 Å². The number of allylic oxidation sites excluding steroid dienone is 2. The maximum Gasteiger partial charge on any atom is 0.119 e. The molecule has 0 aliphatic carbocycles. The zero-order chi connectivity index (χ0) is 25.4. The van der Waals surface area contributed by atoms with E-state index < -0.39 is 0 Å². The number of rotatable bonds is 11. The van der Waals surface area contributed by atoms with Gasteiger partial charge in [-0.25, -0.2) is 0 Å². The van der Waals surface area contributed by atoms with Gasteiger partial charge in [0.05, 0.1) is 0 Å². The Morgan fingerprint density at radius 3 is 2.31 bits per heavy atom. The van der Waals surface area contributed by atoms with E-state index in [1.165, 1.54) is 27.8 Å². The first-order chi connectivity index (χ1) is 16.8. The average Bonchev–Trinajstić information content (AvgIpc) is 2.87. The van der Waals surface area contributed by atoms with Crippen molar-refractivity contribution in [3.63, 3.8) is 0 Å². The second kappa shape index (κ2) is 12.5. The SMILES string of the molecule is C=Cc1ccc(OCCN2CCN(CCCO)CC2)cc1C(C)(C)/C(C)=C(\C)c1ccccc1C. The molecule has 2 aromatic carbocycles. The molecule has 35 heavy (non-hydrogen) atoms. The molecule has 4 nitrogen and oxygen atoms in total. The summed E-state index contributed by atoms with van der Waals surface area (Å²) in [4.78, 5) is 4.90. The zero-order valence-corrected chi connectivity index (χ0v) is 22.4. The Bertz CT molecular complexity index is 1020. The van der Waals surface area contributed by atoms with Crippen LogP contribution in [0.25, 0.3) is 11.6 Å². The van der Waals surface area contributed by atoms with E-state index in [0.29, 0.717) is 6.61 Å². The lowest BCUT2D eigenvalue weighted by Crippen LogP contribution is -2.47. The molecule has 1 fully saturated rings. The third-order valence-corrected chi connectivity index (χ3v) is 7.74. The molecule has 0 bridgehead atoms. The third-order valence-electron chi connectivity index (χ3n) is 7.74. The lowest BCUT2D eigenvalue weighted by Gasteiger charge is -2.34. The molecule has 0 radical (unpaired) electrons. The van der Waals surface area contributed by atoms with Gasteiger partial charge in [0.25, 0.3) is 0 Å². The summed E-state index contributed by atoms with van der Waals surface area (Å²) in [5.41, 5.74) is 7.52. The van der Waals surface area contributed by atoms with E-state index in [1.54, 1.807) is 0 Å². The molecule has 3 rings (SSSR count). The third kappa shape index (κ3) is 6.84. The molecule has 1 heterocycles. The minimum atomic E-state index is -0.167. The molecule has 0 saturated carbocycles. The smallest absolute Gasteiger partial charge is 0.119 e. The normalized spacial score (nSPS) is 16.2. The lowest BCUT2D eigenvalue weighted by molar-refractivity contribution is 0.111. The van der Waals surface area contributed by atoms with Crippen molar-refractivity contribution in [2.45, 2.75) is 46.5 Å². The highest BCUT2D eigenvalue weighted by Crippen LogP contribution is 2.39. The molecule has 0 spiro atoms. The lowest BCUT2D eigenvalue weighted by atomic mass is 9.73. The maximum atomic E-state index is 9.03. The fourth-order valence-corrected chi connectivity index (χ4v) is 5.03. The average molecular weight is 477 g/mol. The molecule has 190 valence electrons. The molecule has 1 N–H and O–H groups in total. The van der Waals surface area contributed by atoms with Crippen molar-refractivity contribution in [2.75, 3.05) is 52.5 Å². The minimum absolute atomic E-state index is 0.167. The Labute approximate surface area is 212 Å². The number of ether oxygens (including phenoxy) is 1. The second-order valence-corrected chi connectivity index (χ2v) is 10.3. The van der Waals surface area contributed by atoms with Crippen molar-refractivity contribution in [1.82, 2.24) is 9.80 Å². The molecule has 0 unspecified atom stereocenters. The van der Waals surface area contributed by atoms with Crippen LogP contribution in [0, 0.1) is 6.92 Å². The van der Waals surface area contributed by atoms with E-state index in [1.807, 2.05) is 6.08 Å². The van der Waals surface area contributed by atoms with E-state index in [9.17, 15) is 0 Å². The summed E-state index contributed by atoms with van der Waals surface area (Å²) in [7, 11) is 0. The fraction of sp³-hybridized carbons (Fsp3) is 0.484. The number of aryl methyl sites for hydroxylation is 1. The van der Waals surface area contributed by atoms with Crippen LogP contribution in [0.2, 0.25) is 0 Å². The van der Waals surface area contributed by atoms with Gasteiger partial charge in [-0.3, -0.25) is 4.90 Å². The standard InChI is InChI=1S/C31H44N2O2/c1-7-27-13-14-28(35-22-20-33-18-16-32(17-19-33)15-10-21-34)23-30(27)31(5,6)26(4)25(3)29-12-9-8-11-24(29)2/h7-9,11-14,23,34H,1,10,15-22H2,2-6H3/b26-25+. The molecule has 1 aliphatic heterocycles. The number of nitrogens with zero attached hydrogens (tertiary/aromatic N) is 2. The number of aliphatic hydroxyl groups is 1. The first kappa shape index (κ1) is 27.2. The second-order valence-electron chi connectivity index (χ2n) is 10.3. The van der Waals surface area contributed by atoms with Gasteiger partial charge in [0, 0.05) is 51.3 Å². The Kier molecular flexibility index (Phi) is 9.73. The van der Waals surface area contributed by atoms with Gasteiger partial charge < -0.3 is 14.7 Å². The quantitative estimate of drug-likeness (QED) is 0.445. The van der Waals surface area contributed by atoms with E-state index in [-0.39, 0.29) is 12.0 Å². The van der Waals surface area contributed by atoms with Crippen molar-refractivity contribution in [3.05, 3.63) is 76.9 Å². The Hall–Kier alpha value is -2.40. The highest BCUT2D eigenvalue weighted by Gasteiger charge is 2.27. The molecule has 4 heteroatoms. The summed E-state index contributed by atoms with van der Waals surface area (Å²) in [6.07, 6.45) is 2.81. The van der Waals surface area contributed by atoms with Gasteiger partial charge in [0.15, 0.2) is 0 Å². The Morgan fingerprint density at radius 2 is 1.69 bits per heavy atom. The van der Waals surface area contributed by atoms with Gasteiger partial charge in [-0.15, -0.1) is 0 Å². The van der Waals surface area contributed by atoms with Gasteiger partial charge in [-0.05, 0) is 67.2 Å². The number of hydrogen-bond donors (Lipinski definition) is 1. The van der Waals surface area contributed by atoms with Gasteiger partial charge in [-0.2, -0.15) is 0 Å². The molecule has 0 atom stereocenters. The predicted octanol–water partition coefficient (Wildman–Crippen LogP) is 5.79. The van der Waals surface area contributed by atoms with E-state index in [4.69, 9.17) is 9.84 Å². The number of benzene rings is 2. The van der Waals surface area contributed by atoms with Crippen LogP contribution in [0.3, 0.4) is 0 Å². The molecule has 0 aromatic heterocycles. The monoisotopic (exact) mass is 476 g/mol. The fourth-order valence-electron chi connectivity index (χ4n) is 5.03. The van der Waals surface area contributed by atoms with Crippen molar-refractivity contribution in [2.24, 2.45) is 0 Å². The zero-order valence-electron chi connectivity index (χ0n) is 22.4. The summed E-state index contributed by atoms with van der Waals surface area (Å²) < 4.78 is 6.24. The van der Waals surface area contributed by atoms with Crippen LogP contribution < -0.4 is 4.74 Å². The van der Waals surface area contributed by atoms with Crippen molar-refractivity contribution in [3.8, 4) is 5.75 Å². The molecule has 0 amide bonds. The Morgan fingerprint density at radius 1 is 1.03 bits per heavy atom. The molecule has 2 aromatic rings. The van der Waals surface area contributed by atoms with Crippen LogP contribution in [0.15, 0.2) is 54.6 Å². The summed E-state index contributed by atoms with van der Waals surface area (Å²) in [5, 5.41) is 9.03. The van der Waals surface area contributed by atoms with E-state index >= 15 is 0 Å². The largest absolute Gasteiger partial charge is 0.492 e. The van der Waals surface area contributed by atoms with Crippen LogP contribution in [0.5, 0.6) is 5.75 Å². The first-order valence-corrected chi connectivity index (χ1v) is 13.0. The topological polar surface area (TPSA) is 35.9 Å². The van der Waals surface area contributed by atoms with Crippen molar-refractivity contribution >= 4 is 11.6 Å². The van der Waals surface area contributed by atoms with Crippen molar-refractivity contribution < 1.29 is 9.84 Å². The summed E-state index contributed by atoms with van der Waals surface area (Å²) in [6.45, 7) is 22.5. The van der Waals surface area contributed by atoms with Crippen LogP contribution in [-0.4, -0.2) is 67.4 Å². The summed E-state index contributed by atoms with van der Waals surface area (Å²) in [5.74, 6) is 0.918. The molecule has 1 saturated heterocycles. The molecular weight excluding hydrogens is 432 g/mol. The number of piperazine rings is 1. The highest BCUT2D eigenvalue weighted by molar-refractivity contribution is 5.72. The van der Waals surface area contributed by atoms with Crippen LogP contribution in [-0.2, 0) is 5.41 Å². The predicted molar refractivity (Wildman–Crippen MR) is 149 cm³/mol. The van der Waals surface area contributed by atoms with Crippen LogP contribution in [0.1, 0.15) is 56.4 Å². The summed E-state index contributed by atoms with van der Waals surface area (Å²) >= 11 is 0. The maximum absolute atomic E-state index is 9.03. The number of aliphatic hydroxyl groups excluding tert-OH is 1. The summed E-state index contributed by atoms with van der Waals surface area (Å²) in [6, 6.07) is 15.0. The van der Waals surface area contributed by atoms with E-state index in [0.717, 1.165) is 57.0 Å². The highest BCUT2D eigenvalue weighted by atomic mass is 16.5. The van der Waals surface area contributed by atoms with Crippen LogP contribution >= 0.6 is 0 Å². The van der Waals surface area contributed by atoms with Crippen molar-refractivity contribution in [1.29, 1.82) is 0 Å². The van der Waals surface area contributed by atoms with Gasteiger partial charge in [0.2, 0.25) is 0 Å². The Balaban J connectivity index is 1.70. The molecule has 1 aliphatic rings. The van der Waals surface area contributed by atoms with Gasteiger partial charge >= 0.3 is 0 Å². The van der Waals surface area contributed by atoms with Crippen LogP contribution in [0.4, 0.5) is 0 Å². The van der Waals surface area contributed by atoms with Gasteiger partial charge in [-0.1, -0.05) is 62.4 Å². The van der Waals surface area contributed by atoms with E-state index in [2.05, 4.69) is 93.5 Å². The first-order valence-electron chi connectivity index (χ1n) is 13.0. The molecular formula is C31H44N2O2. The minimum Gasteiger partial charge on any atom is -0.492 e.